The minimum Gasteiger partial charge on any atom is -0.394 e. The van der Waals surface area contributed by atoms with E-state index < -0.39 is 5.54 Å². The van der Waals surface area contributed by atoms with E-state index in [0.717, 1.165) is 29.5 Å². The van der Waals surface area contributed by atoms with Crippen LogP contribution in [0.5, 0.6) is 0 Å². The standard InChI is InChI=1S/C16H25NO2/c1-5-16(6-2,11-18)17-15(19)10-14-9-12(3)7-8-13(14)4/h7-9,18H,5-6,10-11H2,1-4H3,(H,17,19). The Kier molecular flexibility index (Phi) is 5.55. The molecule has 3 nitrogen and oxygen atoms in total. The maximum absolute atomic E-state index is 12.1. The molecule has 0 aromatic heterocycles. The van der Waals surface area contributed by atoms with Crippen LogP contribution >= 0.6 is 0 Å². The normalized spacial score (nSPS) is 11.4. The van der Waals surface area contributed by atoms with Crippen molar-refractivity contribution in [2.45, 2.75) is 52.5 Å². The van der Waals surface area contributed by atoms with Crippen LogP contribution < -0.4 is 5.32 Å². The average molecular weight is 263 g/mol. The van der Waals surface area contributed by atoms with Crippen LogP contribution in [-0.4, -0.2) is 23.2 Å². The van der Waals surface area contributed by atoms with Crippen LogP contribution in [0.4, 0.5) is 0 Å². The van der Waals surface area contributed by atoms with Crippen LogP contribution in [-0.2, 0) is 11.2 Å². The fourth-order valence-corrected chi connectivity index (χ4v) is 2.19. The molecule has 1 aromatic carbocycles. The lowest BCUT2D eigenvalue weighted by Crippen LogP contribution is -2.51. The van der Waals surface area contributed by atoms with Gasteiger partial charge in [-0.25, -0.2) is 0 Å². The van der Waals surface area contributed by atoms with Gasteiger partial charge in [0.05, 0.1) is 18.6 Å². The molecular formula is C16H25NO2. The van der Waals surface area contributed by atoms with Crippen LogP contribution in [0.25, 0.3) is 0 Å². The minimum atomic E-state index is -0.477. The summed E-state index contributed by atoms with van der Waals surface area (Å²) < 4.78 is 0. The van der Waals surface area contributed by atoms with Gasteiger partial charge in [-0.05, 0) is 37.8 Å². The highest BCUT2D eigenvalue weighted by atomic mass is 16.3. The molecule has 2 N–H and O–H groups in total. The Morgan fingerprint density at radius 3 is 2.42 bits per heavy atom. The number of aryl methyl sites for hydroxylation is 2. The molecule has 3 heteroatoms. The number of carbonyl (C=O) groups excluding carboxylic acids is 1. The summed E-state index contributed by atoms with van der Waals surface area (Å²) in [7, 11) is 0. The molecule has 0 saturated heterocycles. The molecule has 0 atom stereocenters. The zero-order valence-electron chi connectivity index (χ0n) is 12.4. The first-order valence-corrected chi connectivity index (χ1v) is 6.94. The second-order valence-electron chi connectivity index (χ2n) is 5.30. The molecule has 19 heavy (non-hydrogen) atoms. The van der Waals surface area contributed by atoms with Gasteiger partial charge in [-0.3, -0.25) is 4.79 Å². The first kappa shape index (κ1) is 15.7. The van der Waals surface area contributed by atoms with E-state index in [4.69, 9.17) is 0 Å². The smallest absolute Gasteiger partial charge is 0.224 e. The Morgan fingerprint density at radius 1 is 1.26 bits per heavy atom. The summed E-state index contributed by atoms with van der Waals surface area (Å²) in [5, 5.41) is 12.5. The highest BCUT2D eigenvalue weighted by Crippen LogP contribution is 2.16. The number of benzene rings is 1. The third-order valence-electron chi connectivity index (χ3n) is 3.92. The van der Waals surface area contributed by atoms with E-state index in [0.29, 0.717) is 6.42 Å². The van der Waals surface area contributed by atoms with Gasteiger partial charge < -0.3 is 10.4 Å². The monoisotopic (exact) mass is 263 g/mol. The van der Waals surface area contributed by atoms with E-state index in [9.17, 15) is 9.90 Å². The highest BCUT2D eigenvalue weighted by Gasteiger charge is 2.27. The lowest BCUT2D eigenvalue weighted by molar-refractivity contribution is -0.123. The lowest BCUT2D eigenvalue weighted by atomic mass is 9.93. The molecular weight excluding hydrogens is 238 g/mol. The molecule has 0 radical (unpaired) electrons. The number of nitrogens with one attached hydrogen (secondary N) is 1. The Hall–Kier alpha value is -1.35. The van der Waals surface area contributed by atoms with Gasteiger partial charge in [0.1, 0.15) is 0 Å². The molecule has 106 valence electrons. The van der Waals surface area contributed by atoms with Crippen LogP contribution in [0, 0.1) is 13.8 Å². The fraction of sp³-hybridized carbons (Fsp3) is 0.562. The van der Waals surface area contributed by atoms with E-state index in [2.05, 4.69) is 5.32 Å². The maximum atomic E-state index is 12.1. The molecule has 0 spiro atoms. The molecule has 0 aliphatic heterocycles. The molecule has 0 saturated carbocycles. The van der Waals surface area contributed by atoms with Crippen molar-refractivity contribution in [1.82, 2.24) is 5.32 Å². The van der Waals surface area contributed by atoms with Crippen molar-refractivity contribution >= 4 is 5.91 Å². The molecule has 0 fully saturated rings. The number of hydrogen-bond donors (Lipinski definition) is 2. The number of amides is 1. The summed E-state index contributed by atoms with van der Waals surface area (Å²) >= 11 is 0. The first-order valence-electron chi connectivity index (χ1n) is 6.94. The Labute approximate surface area is 116 Å². The summed E-state index contributed by atoms with van der Waals surface area (Å²) in [4.78, 5) is 12.1. The molecule has 0 heterocycles. The number of carbonyl (C=O) groups is 1. The van der Waals surface area contributed by atoms with Gasteiger partial charge in [0, 0.05) is 0 Å². The third kappa shape index (κ3) is 4.06. The fourth-order valence-electron chi connectivity index (χ4n) is 2.19. The molecule has 0 unspecified atom stereocenters. The molecule has 1 aromatic rings. The maximum Gasteiger partial charge on any atom is 0.224 e. The number of rotatable bonds is 6. The SMILES string of the molecule is CCC(CC)(CO)NC(=O)Cc1cc(C)ccc1C. The van der Waals surface area contributed by atoms with E-state index in [1.165, 1.54) is 0 Å². The largest absolute Gasteiger partial charge is 0.394 e. The van der Waals surface area contributed by atoms with Crippen molar-refractivity contribution in [2.75, 3.05) is 6.61 Å². The van der Waals surface area contributed by atoms with Crippen molar-refractivity contribution in [3.63, 3.8) is 0 Å². The van der Waals surface area contributed by atoms with E-state index >= 15 is 0 Å². The Bertz CT molecular complexity index is 428. The quantitative estimate of drug-likeness (QED) is 0.828. The van der Waals surface area contributed by atoms with Crippen LogP contribution in [0.15, 0.2) is 18.2 Å². The third-order valence-corrected chi connectivity index (χ3v) is 3.92. The Morgan fingerprint density at radius 2 is 1.89 bits per heavy atom. The summed E-state index contributed by atoms with van der Waals surface area (Å²) in [6.45, 7) is 7.99. The number of aliphatic hydroxyl groups is 1. The number of hydrogen-bond acceptors (Lipinski definition) is 2. The zero-order valence-corrected chi connectivity index (χ0v) is 12.4. The van der Waals surface area contributed by atoms with Crippen LogP contribution in [0.1, 0.15) is 43.4 Å². The lowest BCUT2D eigenvalue weighted by Gasteiger charge is -2.30. The summed E-state index contributed by atoms with van der Waals surface area (Å²) in [6.07, 6.45) is 1.84. The first-order chi connectivity index (χ1) is 8.96. The number of aliphatic hydroxyl groups excluding tert-OH is 1. The van der Waals surface area contributed by atoms with Gasteiger partial charge in [-0.15, -0.1) is 0 Å². The summed E-state index contributed by atoms with van der Waals surface area (Å²) in [5.41, 5.74) is 2.86. The second kappa shape index (κ2) is 6.71. The highest BCUT2D eigenvalue weighted by molar-refractivity contribution is 5.79. The van der Waals surface area contributed by atoms with Crippen molar-refractivity contribution in [3.8, 4) is 0 Å². The molecule has 0 bridgehead atoms. The van der Waals surface area contributed by atoms with Crippen molar-refractivity contribution in [2.24, 2.45) is 0 Å². The topological polar surface area (TPSA) is 49.3 Å². The zero-order chi connectivity index (χ0) is 14.5. The van der Waals surface area contributed by atoms with Gasteiger partial charge in [0.2, 0.25) is 5.91 Å². The van der Waals surface area contributed by atoms with Gasteiger partial charge in [-0.1, -0.05) is 37.6 Å². The van der Waals surface area contributed by atoms with Crippen molar-refractivity contribution < 1.29 is 9.90 Å². The molecule has 0 aliphatic carbocycles. The Balaban J connectivity index is 2.77. The summed E-state index contributed by atoms with van der Waals surface area (Å²) in [5.74, 6) is -0.0218. The van der Waals surface area contributed by atoms with E-state index in [1.54, 1.807) is 0 Å². The molecule has 1 amide bonds. The minimum absolute atomic E-state index is 0.0153. The van der Waals surface area contributed by atoms with E-state index in [1.807, 2.05) is 45.9 Å². The van der Waals surface area contributed by atoms with Gasteiger partial charge in [0.15, 0.2) is 0 Å². The van der Waals surface area contributed by atoms with Crippen molar-refractivity contribution in [1.29, 1.82) is 0 Å². The predicted octanol–water partition coefficient (Wildman–Crippen LogP) is 2.51. The van der Waals surface area contributed by atoms with Crippen molar-refractivity contribution in [3.05, 3.63) is 34.9 Å². The second-order valence-corrected chi connectivity index (χ2v) is 5.30. The van der Waals surface area contributed by atoms with Gasteiger partial charge in [-0.2, -0.15) is 0 Å². The van der Waals surface area contributed by atoms with Crippen LogP contribution in [0.2, 0.25) is 0 Å². The predicted molar refractivity (Wildman–Crippen MR) is 78.2 cm³/mol. The van der Waals surface area contributed by atoms with Gasteiger partial charge in [0.25, 0.3) is 0 Å². The van der Waals surface area contributed by atoms with E-state index in [-0.39, 0.29) is 12.5 Å². The van der Waals surface area contributed by atoms with Gasteiger partial charge >= 0.3 is 0 Å². The molecule has 0 aliphatic rings. The average Bonchev–Trinajstić information content (AvgIpc) is 2.40. The molecule has 1 rings (SSSR count). The van der Waals surface area contributed by atoms with Crippen LogP contribution in [0.3, 0.4) is 0 Å². The summed E-state index contributed by atoms with van der Waals surface area (Å²) in [6, 6.07) is 6.14.